The number of hydrogen-bond acceptors (Lipinski definition) is 8. The first-order valence-corrected chi connectivity index (χ1v) is 14.5. The average Bonchev–Trinajstić information content (AvgIpc) is 3.66. The average molecular weight is 632 g/mol. The van der Waals surface area contributed by atoms with Crippen molar-refractivity contribution in [1.29, 1.82) is 0 Å². The molecule has 4 atom stereocenters. The molecule has 0 spiro atoms. The zero-order chi connectivity index (χ0) is 30.0. The summed E-state index contributed by atoms with van der Waals surface area (Å²) in [5, 5.41) is 11.6. The molecule has 0 saturated carbocycles. The highest BCUT2D eigenvalue weighted by molar-refractivity contribution is 6.38. The molecule has 2 fully saturated rings. The number of aliphatic carboxylic acids is 1. The monoisotopic (exact) mass is 631 g/mol. The topological polar surface area (TPSA) is 116 Å². The third-order valence-electron chi connectivity index (χ3n) is 8.10. The van der Waals surface area contributed by atoms with Gasteiger partial charge >= 0.3 is 5.97 Å². The smallest absolute Gasteiger partial charge is 0.326 e. The number of aromatic nitrogens is 4. The molecule has 0 aliphatic carbocycles. The van der Waals surface area contributed by atoms with Gasteiger partial charge in [0.15, 0.2) is 17.2 Å². The first-order chi connectivity index (χ1) is 20.7. The van der Waals surface area contributed by atoms with E-state index in [0.29, 0.717) is 51.7 Å². The van der Waals surface area contributed by atoms with Gasteiger partial charge in [0.1, 0.15) is 23.2 Å². The Labute approximate surface area is 253 Å². The van der Waals surface area contributed by atoms with Gasteiger partial charge in [0, 0.05) is 35.4 Å². The summed E-state index contributed by atoms with van der Waals surface area (Å²) in [6.45, 7) is 3.17. The fourth-order valence-corrected chi connectivity index (χ4v) is 6.73. The number of fused-ring (bicyclic) bond motifs is 4. The second kappa shape index (κ2) is 10.8. The second-order valence-electron chi connectivity index (χ2n) is 10.9. The van der Waals surface area contributed by atoms with Gasteiger partial charge in [-0.3, -0.25) is 4.57 Å². The summed E-state index contributed by atoms with van der Waals surface area (Å²) < 4.78 is 47.9. The van der Waals surface area contributed by atoms with Gasteiger partial charge in [0.25, 0.3) is 12.4 Å². The summed E-state index contributed by atoms with van der Waals surface area (Å²) >= 11 is 12.9. The van der Waals surface area contributed by atoms with Gasteiger partial charge in [0.05, 0.1) is 29.2 Å². The minimum absolute atomic E-state index is 0.0177. The van der Waals surface area contributed by atoms with E-state index in [4.69, 9.17) is 42.1 Å². The molecule has 3 aromatic heterocycles. The normalized spacial score (nSPS) is 22.8. The van der Waals surface area contributed by atoms with E-state index in [1.807, 2.05) is 4.57 Å². The quantitative estimate of drug-likeness (QED) is 0.219. The maximum absolute atomic E-state index is 13.9. The number of imidazole rings is 1. The minimum atomic E-state index is -2.98. The number of alkyl halides is 2. The lowest BCUT2D eigenvalue weighted by Gasteiger charge is -2.31. The van der Waals surface area contributed by atoms with Crippen molar-refractivity contribution in [1.82, 2.24) is 19.5 Å². The zero-order valence-electron chi connectivity index (χ0n) is 22.7. The molecular formula is C29H25Cl2F2N5O5. The minimum Gasteiger partial charge on any atom is -0.480 e. The van der Waals surface area contributed by atoms with Gasteiger partial charge < -0.3 is 23.9 Å². The van der Waals surface area contributed by atoms with Gasteiger partial charge in [0.2, 0.25) is 0 Å². The lowest BCUT2D eigenvalue weighted by atomic mass is 9.97. The Kier molecular flexibility index (Phi) is 7.02. The lowest BCUT2D eigenvalue weighted by Crippen LogP contribution is -2.37. The van der Waals surface area contributed by atoms with Crippen molar-refractivity contribution in [3.63, 3.8) is 0 Å². The molecule has 2 aliphatic rings. The number of benzene rings is 2. The van der Waals surface area contributed by atoms with Crippen molar-refractivity contribution in [3.8, 4) is 6.01 Å². The van der Waals surface area contributed by atoms with E-state index < -0.39 is 30.4 Å². The molecule has 7 rings (SSSR count). The number of hydrogen-bond donors (Lipinski definition) is 1. The molecule has 1 N–H and O–H groups in total. The molecule has 0 radical (unpaired) electrons. The van der Waals surface area contributed by atoms with Crippen LogP contribution in [-0.2, 0) is 9.53 Å². The number of carboxylic acid groups (broad SMARTS) is 1. The van der Waals surface area contributed by atoms with Crippen LogP contribution in [0, 0.1) is 5.92 Å². The molecule has 0 bridgehead atoms. The Bertz CT molecular complexity index is 1880. The molecule has 2 saturated heterocycles. The van der Waals surface area contributed by atoms with Crippen molar-refractivity contribution in [2.75, 3.05) is 24.7 Å². The number of nitrogens with zero attached hydrogens (tertiary/aromatic N) is 5. The summed E-state index contributed by atoms with van der Waals surface area (Å²) in [6, 6.07) is 9.29. The van der Waals surface area contributed by atoms with Crippen LogP contribution >= 0.6 is 23.2 Å². The summed E-state index contributed by atoms with van der Waals surface area (Å²) in [6.07, 6.45) is -2.94. The SMILES string of the molecule is C[C@@H]1COCC[C@H]1n1c(O[C@H]2C[C@@H](C(=O)O)N(c3nc(C(F)F)nc4c3oc3ccccc34)C2)nc2cc(Cl)cc(Cl)c21. The van der Waals surface area contributed by atoms with Gasteiger partial charge in [-0.1, -0.05) is 42.3 Å². The van der Waals surface area contributed by atoms with Gasteiger partial charge in [-0.25, -0.2) is 23.5 Å². The summed E-state index contributed by atoms with van der Waals surface area (Å²) in [7, 11) is 0. The molecule has 2 aliphatic heterocycles. The van der Waals surface area contributed by atoms with Gasteiger partial charge in [-0.2, -0.15) is 4.98 Å². The number of rotatable bonds is 6. The molecule has 14 heteroatoms. The second-order valence-corrected chi connectivity index (χ2v) is 11.7. The standard InChI is InChI=1S/C29H25Cl2F2N5O5/c1-13-12-41-7-6-19(13)38-23-17(31)8-14(30)9-18(23)34-29(38)42-15-10-20(28(39)40)37(11-15)27-24-22(35-26(36-27)25(32)33)16-4-2-3-5-21(16)43-24/h2-5,8-9,13,15,19-20,25H,6-7,10-12H2,1H3,(H,39,40)/t13-,15+,19-,20+/m1/s1. The van der Waals surface area contributed by atoms with Crippen LogP contribution in [0.25, 0.3) is 33.1 Å². The molecule has 0 unspecified atom stereocenters. The maximum atomic E-state index is 13.9. The number of anilines is 1. The molecule has 5 aromatic rings. The lowest BCUT2D eigenvalue weighted by molar-refractivity contribution is -0.138. The van der Waals surface area contributed by atoms with E-state index >= 15 is 0 Å². The van der Waals surface area contributed by atoms with Crippen LogP contribution in [0.1, 0.15) is 38.1 Å². The number of carboxylic acids is 1. The van der Waals surface area contributed by atoms with Crippen LogP contribution in [0.4, 0.5) is 14.6 Å². The number of ether oxygens (including phenoxy) is 2. The Hall–Kier alpha value is -3.74. The maximum Gasteiger partial charge on any atom is 0.326 e. The van der Waals surface area contributed by atoms with E-state index in [0.717, 1.165) is 0 Å². The zero-order valence-corrected chi connectivity index (χ0v) is 24.2. The van der Waals surface area contributed by atoms with Crippen molar-refractivity contribution >= 4 is 68.1 Å². The van der Waals surface area contributed by atoms with Crippen LogP contribution in [0.3, 0.4) is 0 Å². The van der Waals surface area contributed by atoms with Crippen LogP contribution in [0.5, 0.6) is 6.01 Å². The van der Waals surface area contributed by atoms with Crippen molar-refractivity contribution < 1.29 is 32.6 Å². The number of halogens is 4. The number of carbonyl (C=O) groups is 1. The number of furan rings is 1. The molecule has 43 heavy (non-hydrogen) atoms. The van der Waals surface area contributed by atoms with E-state index in [2.05, 4.69) is 16.9 Å². The Morgan fingerprint density at radius 1 is 1.19 bits per heavy atom. The first kappa shape index (κ1) is 28.1. The van der Waals surface area contributed by atoms with Crippen LogP contribution in [0.15, 0.2) is 40.8 Å². The molecule has 2 aromatic carbocycles. The molecular weight excluding hydrogens is 607 g/mol. The predicted octanol–water partition coefficient (Wildman–Crippen LogP) is 6.68. The molecule has 10 nitrogen and oxygen atoms in total. The van der Waals surface area contributed by atoms with E-state index in [9.17, 15) is 18.7 Å². The largest absolute Gasteiger partial charge is 0.480 e. The fourth-order valence-electron chi connectivity index (χ4n) is 6.16. The Morgan fingerprint density at radius 2 is 2.00 bits per heavy atom. The van der Waals surface area contributed by atoms with E-state index in [1.54, 1.807) is 36.4 Å². The summed E-state index contributed by atoms with van der Waals surface area (Å²) in [4.78, 5) is 26.8. The van der Waals surface area contributed by atoms with E-state index in [1.165, 1.54) is 4.90 Å². The highest BCUT2D eigenvalue weighted by Crippen LogP contribution is 2.41. The molecule has 224 valence electrons. The summed E-state index contributed by atoms with van der Waals surface area (Å²) in [5.41, 5.74) is 1.93. The fraction of sp³-hybridized carbons (Fsp3) is 0.379. The highest BCUT2D eigenvalue weighted by Gasteiger charge is 2.42. The Balaban J connectivity index is 1.31. The van der Waals surface area contributed by atoms with Crippen molar-refractivity contribution in [2.45, 2.75) is 44.4 Å². The molecule has 0 amide bonds. The van der Waals surface area contributed by atoms with Crippen molar-refractivity contribution in [2.24, 2.45) is 5.92 Å². The third kappa shape index (κ3) is 4.81. The number of para-hydroxylation sites is 1. The molecule has 5 heterocycles. The van der Waals surface area contributed by atoms with Gasteiger partial charge in [-0.05, 0) is 30.7 Å². The van der Waals surface area contributed by atoms with Crippen LogP contribution < -0.4 is 9.64 Å². The van der Waals surface area contributed by atoms with E-state index in [-0.39, 0.29) is 47.9 Å². The Morgan fingerprint density at radius 3 is 2.77 bits per heavy atom. The van der Waals surface area contributed by atoms with Crippen LogP contribution in [0.2, 0.25) is 10.0 Å². The van der Waals surface area contributed by atoms with Crippen molar-refractivity contribution in [3.05, 3.63) is 52.3 Å². The first-order valence-electron chi connectivity index (χ1n) is 13.8. The van der Waals surface area contributed by atoms with Crippen LogP contribution in [-0.4, -0.2) is 62.5 Å². The predicted molar refractivity (Wildman–Crippen MR) is 155 cm³/mol. The highest BCUT2D eigenvalue weighted by atomic mass is 35.5. The van der Waals surface area contributed by atoms with Gasteiger partial charge in [-0.15, -0.1) is 0 Å². The third-order valence-corrected chi connectivity index (χ3v) is 8.61. The summed E-state index contributed by atoms with van der Waals surface area (Å²) in [5.74, 6) is -1.79.